The maximum Gasteiger partial charge on any atom is 0.221 e. The molecular formula is C13H29N3O. The smallest absolute Gasteiger partial charge is 0.221 e. The van der Waals surface area contributed by atoms with Crippen LogP contribution in [0.4, 0.5) is 0 Å². The molecule has 2 atom stereocenters. The molecule has 0 saturated carbocycles. The largest absolute Gasteiger partial charge is 0.355 e. The van der Waals surface area contributed by atoms with Gasteiger partial charge in [-0.2, -0.15) is 0 Å². The van der Waals surface area contributed by atoms with Crippen LogP contribution in [0, 0.1) is 5.92 Å². The number of likely N-dealkylation sites (N-methyl/N-ethyl adjacent to an activating group) is 1. The van der Waals surface area contributed by atoms with Crippen molar-refractivity contribution in [3.05, 3.63) is 0 Å². The van der Waals surface area contributed by atoms with Crippen LogP contribution >= 0.6 is 0 Å². The minimum absolute atomic E-state index is 0.0395. The van der Waals surface area contributed by atoms with Gasteiger partial charge in [-0.1, -0.05) is 20.8 Å². The molecule has 0 aromatic rings. The minimum atomic E-state index is -0.0395. The number of hydrogen-bond donors (Lipinski definition) is 2. The molecule has 0 aliphatic carbocycles. The van der Waals surface area contributed by atoms with Crippen LogP contribution in [0.5, 0.6) is 0 Å². The van der Waals surface area contributed by atoms with Gasteiger partial charge >= 0.3 is 0 Å². The molecule has 0 bridgehead atoms. The van der Waals surface area contributed by atoms with Crippen molar-refractivity contribution in [3.63, 3.8) is 0 Å². The topological polar surface area (TPSA) is 58.4 Å². The van der Waals surface area contributed by atoms with Gasteiger partial charge in [0.05, 0.1) is 0 Å². The molecule has 0 rings (SSSR count). The predicted molar refractivity (Wildman–Crippen MR) is 72.8 cm³/mol. The molecule has 0 aromatic carbocycles. The van der Waals surface area contributed by atoms with Crippen LogP contribution in [0.3, 0.4) is 0 Å². The third-order valence-corrected chi connectivity index (χ3v) is 3.41. The van der Waals surface area contributed by atoms with Crippen molar-refractivity contribution in [3.8, 4) is 0 Å². The number of nitrogens with two attached hydrogens (primary N) is 1. The van der Waals surface area contributed by atoms with E-state index < -0.39 is 0 Å². The van der Waals surface area contributed by atoms with Crippen LogP contribution in [0.15, 0.2) is 0 Å². The summed E-state index contributed by atoms with van der Waals surface area (Å²) in [5.74, 6) is 0.410. The third kappa shape index (κ3) is 7.34. The second-order valence-corrected chi connectivity index (χ2v) is 5.20. The molecule has 0 spiro atoms. The average molecular weight is 243 g/mol. The summed E-state index contributed by atoms with van der Waals surface area (Å²) in [4.78, 5) is 13.8. The molecule has 3 N–H and O–H groups in total. The molecule has 0 aromatic heterocycles. The summed E-state index contributed by atoms with van der Waals surface area (Å²) in [5.41, 5.74) is 5.85. The van der Waals surface area contributed by atoms with Gasteiger partial charge in [0.2, 0.25) is 5.91 Å². The molecule has 0 radical (unpaired) electrons. The lowest BCUT2D eigenvalue weighted by molar-refractivity contribution is -0.121. The second-order valence-electron chi connectivity index (χ2n) is 5.20. The van der Waals surface area contributed by atoms with E-state index in [1.165, 1.54) is 0 Å². The highest BCUT2D eigenvalue weighted by atomic mass is 16.1. The maximum atomic E-state index is 11.6. The van der Waals surface area contributed by atoms with Crippen molar-refractivity contribution in [2.24, 2.45) is 11.7 Å². The van der Waals surface area contributed by atoms with E-state index in [-0.39, 0.29) is 11.9 Å². The Morgan fingerprint density at radius 3 is 2.41 bits per heavy atom. The Morgan fingerprint density at radius 1 is 1.35 bits per heavy atom. The Kier molecular flexibility index (Phi) is 8.17. The first-order valence-corrected chi connectivity index (χ1v) is 6.61. The number of nitrogens with zero attached hydrogens (tertiary/aromatic N) is 1. The number of carbonyl (C=O) groups is 1. The van der Waals surface area contributed by atoms with Gasteiger partial charge < -0.3 is 16.0 Å². The van der Waals surface area contributed by atoms with E-state index in [0.717, 1.165) is 13.0 Å². The van der Waals surface area contributed by atoms with Crippen molar-refractivity contribution in [1.29, 1.82) is 0 Å². The van der Waals surface area contributed by atoms with Crippen LogP contribution in [-0.4, -0.2) is 43.0 Å². The van der Waals surface area contributed by atoms with Gasteiger partial charge in [0.1, 0.15) is 0 Å². The number of hydrogen-bond acceptors (Lipinski definition) is 3. The average Bonchev–Trinajstić information content (AvgIpc) is 2.27. The first-order valence-electron chi connectivity index (χ1n) is 6.61. The Hall–Kier alpha value is -0.610. The quantitative estimate of drug-likeness (QED) is 0.673. The van der Waals surface area contributed by atoms with Gasteiger partial charge in [0.15, 0.2) is 0 Å². The number of rotatable bonds is 8. The van der Waals surface area contributed by atoms with Crippen molar-refractivity contribution >= 4 is 5.91 Å². The summed E-state index contributed by atoms with van der Waals surface area (Å²) in [6, 6.07) is 0.520. The van der Waals surface area contributed by atoms with Gasteiger partial charge in [0.25, 0.3) is 0 Å². The molecule has 4 nitrogen and oxygen atoms in total. The standard InChI is InChI=1S/C13H29N3O/c1-6-11(4)16(5)8-7-15-13(17)9-12(14)10(2)3/h10-12H,6-9,14H2,1-5H3,(H,15,17). The first-order chi connectivity index (χ1) is 7.88. The van der Waals surface area contributed by atoms with Crippen LogP contribution < -0.4 is 11.1 Å². The molecule has 4 heteroatoms. The zero-order valence-corrected chi connectivity index (χ0v) is 12.0. The normalized spacial score (nSPS) is 15.1. The monoisotopic (exact) mass is 243 g/mol. The van der Waals surface area contributed by atoms with Crippen molar-refractivity contribution in [2.75, 3.05) is 20.1 Å². The van der Waals surface area contributed by atoms with Crippen LogP contribution in [0.1, 0.15) is 40.5 Å². The lowest BCUT2D eigenvalue weighted by Gasteiger charge is -2.23. The number of nitrogens with one attached hydrogen (secondary N) is 1. The molecule has 0 fully saturated rings. The minimum Gasteiger partial charge on any atom is -0.355 e. The fourth-order valence-corrected chi connectivity index (χ4v) is 1.43. The van der Waals surface area contributed by atoms with E-state index in [9.17, 15) is 4.79 Å². The van der Waals surface area contributed by atoms with Gasteiger partial charge in [0, 0.05) is 31.6 Å². The zero-order chi connectivity index (χ0) is 13.4. The van der Waals surface area contributed by atoms with Gasteiger partial charge in [-0.3, -0.25) is 4.79 Å². The highest BCUT2D eigenvalue weighted by molar-refractivity contribution is 5.76. The van der Waals surface area contributed by atoms with E-state index in [1.54, 1.807) is 0 Å². The van der Waals surface area contributed by atoms with Crippen molar-refractivity contribution < 1.29 is 4.79 Å². The Balaban J connectivity index is 3.71. The maximum absolute atomic E-state index is 11.6. The highest BCUT2D eigenvalue weighted by Gasteiger charge is 2.13. The number of amides is 1. The molecule has 0 aliphatic heterocycles. The second kappa shape index (κ2) is 8.48. The molecular weight excluding hydrogens is 214 g/mol. The van der Waals surface area contributed by atoms with E-state index in [2.05, 4.69) is 31.1 Å². The number of carbonyl (C=O) groups excluding carboxylic acids is 1. The molecule has 17 heavy (non-hydrogen) atoms. The Labute approximate surface area is 106 Å². The molecule has 0 saturated heterocycles. The lowest BCUT2D eigenvalue weighted by atomic mass is 10.0. The zero-order valence-electron chi connectivity index (χ0n) is 12.0. The van der Waals surface area contributed by atoms with Gasteiger partial charge in [-0.25, -0.2) is 0 Å². The van der Waals surface area contributed by atoms with E-state index in [0.29, 0.717) is 24.9 Å². The van der Waals surface area contributed by atoms with E-state index >= 15 is 0 Å². The highest BCUT2D eigenvalue weighted by Crippen LogP contribution is 2.02. The van der Waals surface area contributed by atoms with Crippen LogP contribution in [-0.2, 0) is 4.79 Å². The Bertz CT molecular complexity index is 219. The lowest BCUT2D eigenvalue weighted by Crippen LogP contribution is -2.39. The van der Waals surface area contributed by atoms with E-state index in [1.807, 2.05) is 13.8 Å². The summed E-state index contributed by atoms with van der Waals surface area (Å²) in [6.45, 7) is 10.0. The van der Waals surface area contributed by atoms with E-state index in [4.69, 9.17) is 5.73 Å². The van der Waals surface area contributed by atoms with Crippen molar-refractivity contribution in [1.82, 2.24) is 10.2 Å². The van der Waals surface area contributed by atoms with Crippen LogP contribution in [0.2, 0.25) is 0 Å². The Morgan fingerprint density at radius 2 is 1.94 bits per heavy atom. The predicted octanol–water partition coefficient (Wildman–Crippen LogP) is 1.21. The summed E-state index contributed by atoms with van der Waals surface area (Å²) < 4.78 is 0. The van der Waals surface area contributed by atoms with Gasteiger partial charge in [-0.05, 0) is 26.3 Å². The van der Waals surface area contributed by atoms with Gasteiger partial charge in [-0.15, -0.1) is 0 Å². The third-order valence-electron chi connectivity index (χ3n) is 3.41. The fourth-order valence-electron chi connectivity index (χ4n) is 1.43. The van der Waals surface area contributed by atoms with Crippen molar-refractivity contribution in [2.45, 2.75) is 52.6 Å². The summed E-state index contributed by atoms with van der Waals surface area (Å²) in [7, 11) is 2.08. The molecule has 0 aliphatic rings. The molecule has 0 heterocycles. The molecule has 1 amide bonds. The summed E-state index contributed by atoms with van der Waals surface area (Å²) in [6.07, 6.45) is 1.55. The summed E-state index contributed by atoms with van der Waals surface area (Å²) >= 11 is 0. The van der Waals surface area contributed by atoms with Crippen LogP contribution in [0.25, 0.3) is 0 Å². The first kappa shape index (κ1) is 16.4. The SMILES string of the molecule is CCC(C)N(C)CCNC(=O)CC(N)C(C)C. The summed E-state index contributed by atoms with van der Waals surface area (Å²) in [5, 5.41) is 2.92. The molecule has 102 valence electrons. The fraction of sp³-hybridized carbons (Fsp3) is 0.923. The molecule has 2 unspecified atom stereocenters.